The maximum Gasteiger partial charge on any atom is 0.255 e. The molecular formula is C34H34N6O7. The third kappa shape index (κ3) is 4.41. The Morgan fingerprint density at radius 2 is 1.77 bits per heavy atom. The number of aromatic hydroxyl groups is 1. The summed E-state index contributed by atoms with van der Waals surface area (Å²) in [4.78, 5) is 41.8. The van der Waals surface area contributed by atoms with Crippen LogP contribution < -0.4 is 22.5 Å². The summed E-state index contributed by atoms with van der Waals surface area (Å²) in [6.45, 7) is 1.03. The van der Waals surface area contributed by atoms with Gasteiger partial charge in [-0.25, -0.2) is 0 Å². The highest BCUT2D eigenvalue weighted by Crippen LogP contribution is 2.58. The molecule has 3 aliphatic carbocycles. The average Bonchev–Trinajstić information content (AvgIpc) is 3.45. The number of nitriles is 1. The molecule has 1 fully saturated rings. The summed E-state index contributed by atoms with van der Waals surface area (Å²) in [5.41, 5.74) is 13.0. The van der Waals surface area contributed by atoms with Crippen molar-refractivity contribution in [2.75, 3.05) is 14.1 Å². The van der Waals surface area contributed by atoms with Crippen molar-refractivity contribution in [3.05, 3.63) is 94.0 Å². The normalized spacial score (nSPS) is 26.9. The Labute approximate surface area is 269 Å². The number of furan rings is 1. The number of amides is 1. The van der Waals surface area contributed by atoms with Crippen LogP contribution in [-0.2, 0) is 33.9 Å². The molecule has 1 amide bonds. The van der Waals surface area contributed by atoms with Gasteiger partial charge in [-0.05, 0) is 62.3 Å². The van der Waals surface area contributed by atoms with Crippen molar-refractivity contribution in [3.63, 3.8) is 0 Å². The van der Waals surface area contributed by atoms with Gasteiger partial charge in [-0.15, -0.1) is 0 Å². The van der Waals surface area contributed by atoms with E-state index >= 15 is 0 Å². The maximum absolute atomic E-state index is 14.5. The second-order valence-corrected chi connectivity index (χ2v) is 12.6. The number of hydrogen-bond donors (Lipinski definition) is 7. The van der Waals surface area contributed by atoms with Gasteiger partial charge in [0.15, 0.2) is 17.0 Å². The third-order valence-corrected chi connectivity index (χ3v) is 9.53. The highest BCUT2D eigenvalue weighted by Gasteiger charge is 2.74. The number of nitrogens with two attached hydrogens (primary N) is 3. The van der Waals surface area contributed by atoms with Crippen LogP contribution in [0.5, 0.6) is 5.75 Å². The van der Waals surface area contributed by atoms with E-state index in [1.54, 1.807) is 24.3 Å². The summed E-state index contributed by atoms with van der Waals surface area (Å²) in [7, 11) is 2.93. The first kappa shape index (κ1) is 31.7. The largest absolute Gasteiger partial charge is 0.509 e. The van der Waals surface area contributed by atoms with Crippen molar-refractivity contribution in [1.29, 1.82) is 5.26 Å². The zero-order valence-corrected chi connectivity index (χ0v) is 25.7. The van der Waals surface area contributed by atoms with Crippen molar-refractivity contribution in [3.8, 4) is 23.1 Å². The van der Waals surface area contributed by atoms with Crippen LogP contribution in [0.25, 0.3) is 17.1 Å². The number of primary amides is 1. The fourth-order valence-corrected chi connectivity index (χ4v) is 7.61. The van der Waals surface area contributed by atoms with Crippen molar-refractivity contribution >= 4 is 23.2 Å². The number of phenolic OH excluding ortho intramolecular Hbond substituents is 1. The van der Waals surface area contributed by atoms with Gasteiger partial charge in [-0.3, -0.25) is 19.3 Å². The van der Waals surface area contributed by atoms with Gasteiger partial charge in [0.2, 0.25) is 0 Å². The molecule has 47 heavy (non-hydrogen) atoms. The quantitative estimate of drug-likeness (QED) is 0.182. The van der Waals surface area contributed by atoms with Crippen LogP contribution in [0.15, 0.2) is 75.9 Å². The number of carbonyl (C=O) groups excluding carboxylic acids is 3. The van der Waals surface area contributed by atoms with E-state index in [9.17, 15) is 35.0 Å². The molecule has 13 heteroatoms. The lowest BCUT2D eigenvalue weighted by Gasteiger charge is -2.58. The predicted octanol–water partition coefficient (Wildman–Crippen LogP) is 1.46. The number of carbonyl (C=O) groups is 3. The summed E-state index contributed by atoms with van der Waals surface area (Å²) < 4.78 is 6.14. The first-order valence-electron chi connectivity index (χ1n) is 14.8. The first-order valence-corrected chi connectivity index (χ1v) is 14.8. The fraction of sp³-hybridized carbons (Fsp3) is 0.294. The zero-order chi connectivity index (χ0) is 34.1. The molecule has 2 aromatic carbocycles. The monoisotopic (exact) mass is 638 g/mol. The van der Waals surface area contributed by atoms with Crippen LogP contribution in [0.3, 0.4) is 0 Å². The predicted molar refractivity (Wildman–Crippen MR) is 169 cm³/mol. The van der Waals surface area contributed by atoms with Crippen molar-refractivity contribution < 1.29 is 34.1 Å². The van der Waals surface area contributed by atoms with Crippen molar-refractivity contribution in [2.45, 2.75) is 43.1 Å². The Hall–Kier alpha value is -5.26. The average molecular weight is 639 g/mol. The number of aliphatic hydroxyl groups is 2. The summed E-state index contributed by atoms with van der Waals surface area (Å²) in [5, 5.41) is 47.9. The Morgan fingerprint density at radius 3 is 2.40 bits per heavy atom. The number of fused-ring (bicyclic) bond motifs is 3. The summed E-state index contributed by atoms with van der Waals surface area (Å²) in [6.07, 6.45) is -0.647. The molecule has 13 nitrogen and oxygen atoms in total. The van der Waals surface area contributed by atoms with Crippen LogP contribution in [0.1, 0.15) is 28.9 Å². The van der Waals surface area contributed by atoms with E-state index in [1.807, 2.05) is 30.3 Å². The van der Waals surface area contributed by atoms with E-state index in [2.05, 4.69) is 5.32 Å². The van der Waals surface area contributed by atoms with E-state index in [0.29, 0.717) is 35.7 Å². The maximum atomic E-state index is 14.5. The lowest BCUT2D eigenvalue weighted by atomic mass is 9.47. The summed E-state index contributed by atoms with van der Waals surface area (Å²) >= 11 is 0. The molecule has 4 atom stereocenters. The van der Waals surface area contributed by atoms with E-state index in [0.717, 1.165) is 5.56 Å². The molecule has 0 saturated heterocycles. The molecule has 242 valence electrons. The first-order chi connectivity index (χ1) is 22.2. The highest BCUT2D eigenvalue weighted by atomic mass is 16.3. The number of rotatable bonds is 7. The Balaban J connectivity index is 1.47. The lowest BCUT2D eigenvalue weighted by molar-refractivity contribution is -0.139. The van der Waals surface area contributed by atoms with Gasteiger partial charge in [0.25, 0.3) is 5.91 Å². The molecule has 1 saturated carbocycles. The summed E-state index contributed by atoms with van der Waals surface area (Å²) in [6, 6.07) is 16.6. The van der Waals surface area contributed by atoms with Gasteiger partial charge in [-0.1, -0.05) is 30.3 Å². The molecule has 0 unspecified atom stereocenters. The van der Waals surface area contributed by atoms with Gasteiger partial charge in [0, 0.05) is 12.1 Å². The number of phenols is 1. The van der Waals surface area contributed by atoms with E-state index < -0.39 is 69.1 Å². The van der Waals surface area contributed by atoms with Crippen LogP contribution in [0, 0.1) is 16.7 Å². The molecule has 3 aliphatic rings. The standard InChI is InChI=1S/C34H34N6O7/c1-40(2)28-27(43)24(31(36)46)29(44)33(16-35)30(45)25-26(42)23-20(12-32(25,37)15-34(28,33)38)19(9-10-21(23)41)22-11-8-18(47-22)14-39-13-17-6-4-3-5-7-17/h3-11,28,39,41-42,44H,12-15,37-38H2,1-2H3,(H2,36,46)/t28-,32-,33+,34-/m1/s1. The third-order valence-electron chi connectivity index (χ3n) is 9.53. The van der Waals surface area contributed by atoms with Gasteiger partial charge < -0.3 is 42.3 Å². The SMILES string of the molecule is CN(C)[C@@H]1C(=O)C(C(N)=O)=C(O)[C@@]2(C#N)C(=O)C3=C(O)c4c(O)ccc(-c5ccc(CNCc6ccccc6)o5)c4C[C@@]3(N)C[C@@]12N. The molecule has 0 radical (unpaired) electrons. The van der Waals surface area contributed by atoms with Crippen molar-refractivity contribution in [1.82, 2.24) is 10.2 Å². The second-order valence-electron chi connectivity index (χ2n) is 12.6. The van der Waals surface area contributed by atoms with Gasteiger partial charge in [-0.2, -0.15) is 5.26 Å². The minimum atomic E-state index is -2.72. The van der Waals surface area contributed by atoms with E-state index in [4.69, 9.17) is 21.6 Å². The fourth-order valence-electron chi connectivity index (χ4n) is 7.61. The number of ketones is 2. The number of nitrogens with zero attached hydrogens (tertiary/aromatic N) is 2. The van der Waals surface area contributed by atoms with Crippen molar-refractivity contribution in [2.24, 2.45) is 22.6 Å². The van der Waals surface area contributed by atoms with Gasteiger partial charge in [0.05, 0.1) is 40.9 Å². The van der Waals surface area contributed by atoms with Gasteiger partial charge >= 0.3 is 0 Å². The number of hydrogen-bond acceptors (Lipinski definition) is 12. The minimum absolute atomic E-state index is 0.112. The van der Waals surface area contributed by atoms with E-state index in [1.165, 1.54) is 25.1 Å². The number of aliphatic hydroxyl groups excluding tert-OH is 2. The minimum Gasteiger partial charge on any atom is -0.509 e. The molecule has 0 bridgehead atoms. The Bertz CT molecular complexity index is 1960. The lowest BCUT2D eigenvalue weighted by Crippen LogP contribution is -2.80. The summed E-state index contributed by atoms with van der Waals surface area (Å²) in [5.74, 6) is -4.81. The molecule has 3 aromatic rings. The number of nitrogens with one attached hydrogen (secondary N) is 1. The molecule has 1 heterocycles. The number of Topliss-reactive ketones (excluding diaryl/α,β-unsaturated/α-hetero) is 2. The Kier molecular flexibility index (Phi) is 7.37. The van der Waals surface area contributed by atoms with Crippen LogP contribution in [-0.4, -0.2) is 68.9 Å². The zero-order valence-electron chi connectivity index (χ0n) is 25.7. The molecule has 0 spiro atoms. The molecule has 6 rings (SSSR count). The van der Waals surface area contributed by atoms with E-state index in [-0.39, 0.29) is 17.7 Å². The second kappa shape index (κ2) is 10.9. The van der Waals surface area contributed by atoms with Crippen LogP contribution >= 0.6 is 0 Å². The smallest absolute Gasteiger partial charge is 0.255 e. The highest BCUT2D eigenvalue weighted by molar-refractivity contribution is 6.25. The molecule has 10 N–H and O–H groups in total. The molecular weight excluding hydrogens is 604 g/mol. The number of benzene rings is 2. The van der Waals surface area contributed by atoms with Crippen LogP contribution in [0.4, 0.5) is 0 Å². The Morgan fingerprint density at radius 1 is 1.06 bits per heavy atom. The van der Waals surface area contributed by atoms with Gasteiger partial charge in [0.1, 0.15) is 34.4 Å². The number of likely N-dealkylation sites (N-methyl/N-ethyl adjacent to an activating group) is 1. The topological polar surface area (TPSA) is 242 Å². The molecule has 0 aliphatic heterocycles. The van der Waals surface area contributed by atoms with Crippen LogP contribution in [0.2, 0.25) is 0 Å². The molecule has 1 aromatic heterocycles.